The van der Waals surface area contributed by atoms with E-state index < -0.39 is 8.03 Å². The average molecular weight is 223 g/mol. The molecule has 1 aromatic rings. The van der Waals surface area contributed by atoms with E-state index >= 15 is 0 Å². The molecule has 3 nitrogen and oxygen atoms in total. The third-order valence-electron chi connectivity index (χ3n) is 1.97. The molecule has 0 spiro atoms. The quantitative estimate of drug-likeness (QED) is 0.721. The Morgan fingerprint density at radius 2 is 2.07 bits per heavy atom. The van der Waals surface area contributed by atoms with Gasteiger partial charge < -0.3 is 4.52 Å². The second-order valence-electron chi connectivity index (χ2n) is 3.13. The van der Waals surface area contributed by atoms with Crippen LogP contribution >= 0.6 is 8.03 Å². The zero-order valence-electron chi connectivity index (χ0n) is 8.69. The summed E-state index contributed by atoms with van der Waals surface area (Å²) in [6, 6.07) is 9.49. The predicted molar refractivity (Wildman–Crippen MR) is 60.5 cm³/mol. The third kappa shape index (κ3) is 4.18. The first-order valence-corrected chi connectivity index (χ1v) is 6.45. The van der Waals surface area contributed by atoms with Gasteiger partial charge >= 0.3 is 0 Å². The normalized spacial score (nSPS) is 11.7. The van der Waals surface area contributed by atoms with Gasteiger partial charge in [-0.3, -0.25) is 4.57 Å². The molecule has 0 heterocycles. The molecule has 0 bridgehead atoms. The molecule has 1 aromatic carbocycles. The maximum Gasteiger partial charge on any atom is 0.236 e. The topological polar surface area (TPSA) is 50.1 Å². The van der Waals surface area contributed by atoms with Crippen LogP contribution in [0.1, 0.15) is 18.9 Å². The monoisotopic (exact) mass is 223 g/mol. The summed E-state index contributed by atoms with van der Waals surface area (Å²) in [7, 11) is -1.91. The second-order valence-corrected chi connectivity index (χ2v) is 4.78. The van der Waals surface area contributed by atoms with Gasteiger partial charge in [0.25, 0.3) is 0 Å². The number of nitriles is 1. The van der Waals surface area contributed by atoms with E-state index in [1.54, 1.807) is 12.1 Å². The van der Waals surface area contributed by atoms with Crippen molar-refractivity contribution in [3.63, 3.8) is 0 Å². The Kier molecular flexibility index (Phi) is 4.93. The van der Waals surface area contributed by atoms with E-state index in [9.17, 15) is 4.57 Å². The van der Waals surface area contributed by atoms with E-state index in [1.807, 2.05) is 19.1 Å². The van der Waals surface area contributed by atoms with E-state index in [2.05, 4.69) is 6.07 Å². The minimum Gasteiger partial charge on any atom is -0.445 e. The summed E-state index contributed by atoms with van der Waals surface area (Å²) in [5.41, 5.74) is 1.10. The van der Waals surface area contributed by atoms with Crippen molar-refractivity contribution < 1.29 is 9.09 Å². The standard InChI is InChI=1S/C11H14NO2P/c1-2-15(13)14-11-7-5-10(6-8-11)4-3-9-12/h5-8,15H,2-4H2,1H3. The lowest BCUT2D eigenvalue weighted by molar-refractivity contribution is 0.506. The maximum atomic E-state index is 11.2. The molecule has 0 saturated carbocycles. The van der Waals surface area contributed by atoms with Crippen LogP contribution in [-0.4, -0.2) is 6.16 Å². The zero-order valence-corrected chi connectivity index (χ0v) is 9.69. The van der Waals surface area contributed by atoms with Gasteiger partial charge in [-0.1, -0.05) is 19.1 Å². The molecule has 15 heavy (non-hydrogen) atoms. The van der Waals surface area contributed by atoms with Crippen LogP contribution in [0.3, 0.4) is 0 Å². The molecule has 1 atom stereocenters. The molecule has 0 aliphatic carbocycles. The molecule has 80 valence electrons. The molecule has 0 saturated heterocycles. The fraction of sp³-hybridized carbons (Fsp3) is 0.364. The molecule has 0 radical (unpaired) electrons. The van der Waals surface area contributed by atoms with Crippen molar-refractivity contribution in [3.8, 4) is 11.8 Å². The highest BCUT2D eigenvalue weighted by Gasteiger charge is 1.99. The van der Waals surface area contributed by atoms with Gasteiger partial charge in [-0.25, -0.2) is 0 Å². The van der Waals surface area contributed by atoms with Gasteiger partial charge in [0.1, 0.15) is 5.75 Å². The summed E-state index contributed by atoms with van der Waals surface area (Å²) in [5.74, 6) is 0.640. The first kappa shape index (κ1) is 11.8. The molecule has 0 N–H and O–H groups in total. The van der Waals surface area contributed by atoms with Gasteiger partial charge in [-0.05, 0) is 24.1 Å². The van der Waals surface area contributed by atoms with Crippen molar-refractivity contribution in [2.75, 3.05) is 6.16 Å². The van der Waals surface area contributed by atoms with Crippen molar-refractivity contribution in [2.24, 2.45) is 0 Å². The fourth-order valence-corrected chi connectivity index (χ4v) is 1.67. The first-order valence-electron chi connectivity index (χ1n) is 4.93. The highest BCUT2D eigenvalue weighted by Crippen LogP contribution is 2.26. The van der Waals surface area contributed by atoms with Crippen LogP contribution < -0.4 is 4.52 Å². The Balaban J connectivity index is 2.57. The predicted octanol–water partition coefficient (Wildman–Crippen LogP) is 3.02. The molecule has 0 fully saturated rings. The zero-order chi connectivity index (χ0) is 11.1. The first-order chi connectivity index (χ1) is 7.26. The smallest absolute Gasteiger partial charge is 0.236 e. The molecule has 0 aliphatic rings. The van der Waals surface area contributed by atoms with Crippen molar-refractivity contribution in [1.29, 1.82) is 5.26 Å². The van der Waals surface area contributed by atoms with Crippen molar-refractivity contribution >= 4 is 8.03 Å². The van der Waals surface area contributed by atoms with Crippen LogP contribution in [0.5, 0.6) is 5.75 Å². The Hall–Kier alpha value is -1.26. The van der Waals surface area contributed by atoms with Gasteiger partial charge in [0.2, 0.25) is 8.03 Å². The Morgan fingerprint density at radius 3 is 2.60 bits per heavy atom. The summed E-state index contributed by atoms with van der Waals surface area (Å²) in [5, 5.41) is 8.42. The minimum atomic E-state index is -1.91. The molecule has 0 aromatic heterocycles. The van der Waals surface area contributed by atoms with E-state index in [4.69, 9.17) is 9.79 Å². The molecular formula is C11H14NO2P. The number of aryl methyl sites for hydroxylation is 1. The van der Waals surface area contributed by atoms with E-state index in [-0.39, 0.29) is 0 Å². The molecule has 1 rings (SSSR count). The molecule has 4 heteroatoms. The van der Waals surface area contributed by atoms with Crippen molar-refractivity contribution in [2.45, 2.75) is 19.8 Å². The lowest BCUT2D eigenvalue weighted by Gasteiger charge is -2.04. The van der Waals surface area contributed by atoms with Crippen LogP contribution in [0, 0.1) is 11.3 Å². The Morgan fingerprint density at radius 1 is 1.40 bits per heavy atom. The van der Waals surface area contributed by atoms with E-state index in [0.29, 0.717) is 18.3 Å². The van der Waals surface area contributed by atoms with Crippen molar-refractivity contribution in [3.05, 3.63) is 29.8 Å². The van der Waals surface area contributed by atoms with E-state index in [1.165, 1.54) is 0 Å². The summed E-state index contributed by atoms with van der Waals surface area (Å²) in [4.78, 5) is 0. The van der Waals surface area contributed by atoms with Gasteiger partial charge in [0, 0.05) is 12.6 Å². The summed E-state index contributed by atoms with van der Waals surface area (Å²) in [6.07, 6.45) is 1.83. The highest BCUT2D eigenvalue weighted by atomic mass is 31.1. The molecule has 1 unspecified atom stereocenters. The summed E-state index contributed by atoms with van der Waals surface area (Å²) >= 11 is 0. The molecular weight excluding hydrogens is 209 g/mol. The van der Waals surface area contributed by atoms with Crippen LogP contribution in [0.25, 0.3) is 0 Å². The number of rotatable bonds is 5. The van der Waals surface area contributed by atoms with Crippen LogP contribution in [0.15, 0.2) is 24.3 Å². The van der Waals surface area contributed by atoms with Crippen LogP contribution in [-0.2, 0) is 11.0 Å². The molecule has 0 amide bonds. The lowest BCUT2D eigenvalue weighted by Crippen LogP contribution is -1.86. The van der Waals surface area contributed by atoms with Gasteiger partial charge in [0.05, 0.1) is 6.07 Å². The number of benzene rings is 1. The summed E-state index contributed by atoms with van der Waals surface area (Å²) in [6.45, 7) is 1.84. The fourth-order valence-electron chi connectivity index (χ4n) is 1.13. The van der Waals surface area contributed by atoms with Gasteiger partial charge in [0.15, 0.2) is 0 Å². The lowest BCUT2D eigenvalue weighted by atomic mass is 10.1. The maximum absolute atomic E-state index is 11.2. The number of hydrogen-bond acceptors (Lipinski definition) is 3. The highest BCUT2D eigenvalue weighted by molar-refractivity contribution is 7.39. The second kappa shape index (κ2) is 6.27. The average Bonchev–Trinajstić information content (AvgIpc) is 2.28. The molecule has 0 aliphatic heterocycles. The summed E-state index contributed by atoms with van der Waals surface area (Å²) < 4.78 is 16.4. The largest absolute Gasteiger partial charge is 0.445 e. The Bertz CT molecular complexity index is 367. The van der Waals surface area contributed by atoms with Crippen LogP contribution in [0.4, 0.5) is 0 Å². The Labute approximate surface area is 90.6 Å². The number of nitrogens with zero attached hydrogens (tertiary/aromatic N) is 1. The van der Waals surface area contributed by atoms with E-state index in [0.717, 1.165) is 12.0 Å². The third-order valence-corrected chi connectivity index (χ3v) is 3.01. The van der Waals surface area contributed by atoms with Crippen molar-refractivity contribution in [1.82, 2.24) is 0 Å². The van der Waals surface area contributed by atoms with Gasteiger partial charge in [-0.2, -0.15) is 5.26 Å². The SMILES string of the molecule is CC[PH](=O)Oc1ccc(CCC#N)cc1. The van der Waals surface area contributed by atoms with Crippen LogP contribution in [0.2, 0.25) is 0 Å². The minimum absolute atomic E-state index is 0.520. The number of hydrogen-bond donors (Lipinski definition) is 0. The van der Waals surface area contributed by atoms with Gasteiger partial charge in [-0.15, -0.1) is 0 Å².